The van der Waals surface area contributed by atoms with Gasteiger partial charge in [-0.3, -0.25) is 4.79 Å². The maximum absolute atomic E-state index is 13.1. The first kappa shape index (κ1) is 15.6. The summed E-state index contributed by atoms with van der Waals surface area (Å²) in [5.74, 6) is -0.356. The van der Waals surface area contributed by atoms with E-state index in [1.54, 1.807) is 20.1 Å². The van der Waals surface area contributed by atoms with Crippen molar-refractivity contribution in [3.63, 3.8) is 0 Å². The Balaban J connectivity index is 2.42. The van der Waals surface area contributed by atoms with E-state index < -0.39 is 0 Å². The molecule has 0 aliphatic carbocycles. The van der Waals surface area contributed by atoms with E-state index in [-0.39, 0.29) is 17.8 Å². The largest absolute Gasteiger partial charge is 0.383 e. The number of methoxy groups -OCH3 is 1. The number of amides is 1. The van der Waals surface area contributed by atoms with Crippen LogP contribution < -0.4 is 10.6 Å². The maximum Gasteiger partial charge on any atom is 0.236 e. The van der Waals surface area contributed by atoms with Crippen molar-refractivity contribution in [1.29, 1.82) is 0 Å². The van der Waals surface area contributed by atoms with E-state index >= 15 is 0 Å². The second kappa shape index (κ2) is 7.86. The van der Waals surface area contributed by atoms with Gasteiger partial charge in [0.15, 0.2) is 0 Å². The van der Waals surface area contributed by atoms with Gasteiger partial charge in [0.25, 0.3) is 0 Å². The van der Waals surface area contributed by atoms with Crippen LogP contribution in [0.4, 0.5) is 4.39 Å². The molecule has 0 aliphatic rings. The SMILES string of the molecule is COCCNC(=O)C(C)NCc1cc(F)ccc1C. The zero-order chi connectivity index (χ0) is 14.3. The van der Waals surface area contributed by atoms with Crippen molar-refractivity contribution in [2.75, 3.05) is 20.3 Å². The Morgan fingerprint density at radius 3 is 2.89 bits per heavy atom. The minimum Gasteiger partial charge on any atom is -0.383 e. The number of rotatable bonds is 7. The molecule has 0 radical (unpaired) electrons. The predicted molar refractivity (Wildman–Crippen MR) is 72.3 cm³/mol. The summed E-state index contributed by atoms with van der Waals surface area (Å²) in [6.45, 7) is 5.13. The molecule has 1 aromatic rings. The van der Waals surface area contributed by atoms with E-state index in [0.29, 0.717) is 19.7 Å². The summed E-state index contributed by atoms with van der Waals surface area (Å²) in [4.78, 5) is 11.7. The van der Waals surface area contributed by atoms with Gasteiger partial charge in [-0.05, 0) is 37.1 Å². The van der Waals surface area contributed by atoms with Gasteiger partial charge in [0.05, 0.1) is 12.6 Å². The van der Waals surface area contributed by atoms with E-state index in [1.807, 2.05) is 6.92 Å². The average Bonchev–Trinajstić information content (AvgIpc) is 2.39. The van der Waals surface area contributed by atoms with Crippen LogP contribution in [0.2, 0.25) is 0 Å². The van der Waals surface area contributed by atoms with E-state index in [9.17, 15) is 9.18 Å². The van der Waals surface area contributed by atoms with Gasteiger partial charge < -0.3 is 15.4 Å². The highest BCUT2D eigenvalue weighted by atomic mass is 19.1. The first-order valence-corrected chi connectivity index (χ1v) is 6.29. The molecule has 5 heteroatoms. The Kier molecular flexibility index (Phi) is 6.45. The second-order valence-corrected chi connectivity index (χ2v) is 4.46. The highest BCUT2D eigenvalue weighted by molar-refractivity contribution is 5.81. The van der Waals surface area contributed by atoms with Gasteiger partial charge in [0.1, 0.15) is 5.82 Å². The van der Waals surface area contributed by atoms with Gasteiger partial charge in [-0.25, -0.2) is 4.39 Å². The van der Waals surface area contributed by atoms with Crippen LogP contribution in [0.3, 0.4) is 0 Å². The predicted octanol–water partition coefficient (Wildman–Crippen LogP) is 1.37. The summed E-state index contributed by atoms with van der Waals surface area (Å²) in [5.41, 5.74) is 1.86. The third kappa shape index (κ3) is 5.36. The minimum absolute atomic E-state index is 0.0916. The molecule has 106 valence electrons. The molecule has 0 aliphatic heterocycles. The van der Waals surface area contributed by atoms with Gasteiger partial charge in [-0.15, -0.1) is 0 Å². The molecule has 2 N–H and O–H groups in total. The number of halogens is 1. The fraction of sp³-hybridized carbons (Fsp3) is 0.500. The lowest BCUT2D eigenvalue weighted by Gasteiger charge is -2.15. The second-order valence-electron chi connectivity index (χ2n) is 4.46. The number of benzene rings is 1. The standard InChI is InChI=1S/C14H21FN2O2/c1-10-4-5-13(15)8-12(10)9-17-11(2)14(18)16-6-7-19-3/h4-5,8,11,17H,6-7,9H2,1-3H3,(H,16,18). The van der Waals surface area contributed by atoms with Crippen molar-refractivity contribution in [2.45, 2.75) is 26.4 Å². The number of ether oxygens (including phenoxy) is 1. The van der Waals surface area contributed by atoms with Crippen LogP contribution in [0.15, 0.2) is 18.2 Å². The van der Waals surface area contributed by atoms with Crippen molar-refractivity contribution in [3.05, 3.63) is 35.1 Å². The number of carbonyl (C=O) groups excluding carboxylic acids is 1. The van der Waals surface area contributed by atoms with Crippen LogP contribution in [0.1, 0.15) is 18.1 Å². The first-order valence-electron chi connectivity index (χ1n) is 6.29. The monoisotopic (exact) mass is 268 g/mol. The molecule has 1 atom stereocenters. The normalized spacial score (nSPS) is 12.2. The Morgan fingerprint density at radius 2 is 2.21 bits per heavy atom. The first-order chi connectivity index (χ1) is 9.04. The summed E-state index contributed by atoms with van der Waals surface area (Å²) in [6.07, 6.45) is 0. The van der Waals surface area contributed by atoms with Gasteiger partial charge in [-0.2, -0.15) is 0 Å². The molecule has 0 bridgehead atoms. The number of hydrogen-bond acceptors (Lipinski definition) is 3. The molecule has 4 nitrogen and oxygen atoms in total. The lowest BCUT2D eigenvalue weighted by molar-refractivity contribution is -0.122. The Hall–Kier alpha value is -1.46. The van der Waals surface area contributed by atoms with Crippen molar-refractivity contribution in [3.8, 4) is 0 Å². The van der Waals surface area contributed by atoms with Gasteiger partial charge in [-0.1, -0.05) is 6.07 Å². The molecular weight excluding hydrogens is 247 g/mol. The zero-order valence-electron chi connectivity index (χ0n) is 11.6. The number of hydrogen-bond donors (Lipinski definition) is 2. The fourth-order valence-corrected chi connectivity index (χ4v) is 1.62. The fourth-order valence-electron chi connectivity index (χ4n) is 1.62. The van der Waals surface area contributed by atoms with Crippen molar-refractivity contribution in [2.24, 2.45) is 0 Å². The molecule has 0 saturated carbocycles. The quantitative estimate of drug-likeness (QED) is 0.734. The number of aryl methyl sites for hydroxylation is 1. The minimum atomic E-state index is -0.334. The molecule has 0 spiro atoms. The summed E-state index contributed by atoms with van der Waals surface area (Å²) in [5, 5.41) is 5.82. The molecule has 0 aromatic heterocycles. The van der Waals surface area contributed by atoms with E-state index in [1.165, 1.54) is 12.1 Å². The van der Waals surface area contributed by atoms with E-state index in [0.717, 1.165) is 11.1 Å². The molecule has 0 heterocycles. The van der Waals surface area contributed by atoms with Crippen LogP contribution in [0, 0.1) is 12.7 Å². The van der Waals surface area contributed by atoms with Crippen molar-refractivity contribution < 1.29 is 13.9 Å². The van der Waals surface area contributed by atoms with Crippen molar-refractivity contribution in [1.82, 2.24) is 10.6 Å². The van der Waals surface area contributed by atoms with Gasteiger partial charge in [0.2, 0.25) is 5.91 Å². The van der Waals surface area contributed by atoms with E-state index in [4.69, 9.17) is 4.74 Å². The number of nitrogens with one attached hydrogen (secondary N) is 2. The highest BCUT2D eigenvalue weighted by Crippen LogP contribution is 2.10. The lowest BCUT2D eigenvalue weighted by Crippen LogP contribution is -2.42. The van der Waals surface area contributed by atoms with Crippen LogP contribution in [0.5, 0.6) is 0 Å². The third-order valence-electron chi connectivity index (χ3n) is 2.91. The average molecular weight is 268 g/mol. The molecule has 1 amide bonds. The molecule has 1 aromatic carbocycles. The van der Waals surface area contributed by atoms with Crippen LogP contribution >= 0.6 is 0 Å². The molecule has 1 rings (SSSR count). The van der Waals surface area contributed by atoms with E-state index in [2.05, 4.69) is 10.6 Å². The van der Waals surface area contributed by atoms with Crippen LogP contribution in [0.25, 0.3) is 0 Å². The molecule has 0 saturated heterocycles. The van der Waals surface area contributed by atoms with Gasteiger partial charge in [0, 0.05) is 20.2 Å². The Labute approximate surface area is 113 Å². The lowest BCUT2D eigenvalue weighted by atomic mass is 10.1. The summed E-state index contributed by atoms with van der Waals surface area (Å²) >= 11 is 0. The van der Waals surface area contributed by atoms with Gasteiger partial charge >= 0.3 is 0 Å². The highest BCUT2D eigenvalue weighted by Gasteiger charge is 2.11. The topological polar surface area (TPSA) is 50.4 Å². The Bertz CT molecular complexity index is 424. The summed E-state index contributed by atoms with van der Waals surface area (Å²) in [7, 11) is 1.58. The smallest absolute Gasteiger partial charge is 0.236 e. The molecule has 19 heavy (non-hydrogen) atoms. The van der Waals surface area contributed by atoms with Crippen LogP contribution in [-0.2, 0) is 16.1 Å². The zero-order valence-corrected chi connectivity index (χ0v) is 11.6. The molecule has 1 unspecified atom stereocenters. The number of carbonyl (C=O) groups is 1. The van der Waals surface area contributed by atoms with Crippen LogP contribution in [-0.4, -0.2) is 32.2 Å². The Morgan fingerprint density at radius 1 is 1.47 bits per heavy atom. The molecule has 0 fully saturated rings. The molecular formula is C14H21FN2O2. The summed E-state index contributed by atoms with van der Waals surface area (Å²) in [6, 6.07) is 4.31. The van der Waals surface area contributed by atoms with Crippen molar-refractivity contribution >= 4 is 5.91 Å². The summed E-state index contributed by atoms with van der Waals surface area (Å²) < 4.78 is 18.0. The maximum atomic E-state index is 13.1. The third-order valence-corrected chi connectivity index (χ3v) is 2.91.